The van der Waals surface area contributed by atoms with Crippen LogP contribution in [0.5, 0.6) is 11.5 Å². The number of aryl methyl sites for hydroxylation is 1. The van der Waals surface area contributed by atoms with Gasteiger partial charge in [0.25, 0.3) is 11.8 Å². The highest BCUT2D eigenvalue weighted by Crippen LogP contribution is 2.34. The van der Waals surface area contributed by atoms with Crippen LogP contribution >= 0.6 is 0 Å². The molecule has 0 saturated heterocycles. The van der Waals surface area contributed by atoms with Crippen molar-refractivity contribution in [3.05, 3.63) is 59.3 Å². The van der Waals surface area contributed by atoms with E-state index < -0.39 is 0 Å². The molecule has 2 aromatic carbocycles. The molecule has 0 atom stereocenters. The first-order chi connectivity index (χ1) is 15.8. The van der Waals surface area contributed by atoms with E-state index in [0.717, 1.165) is 5.56 Å². The molecule has 7 heteroatoms. The Kier molecular flexibility index (Phi) is 8.11. The highest BCUT2D eigenvalue weighted by Gasteiger charge is 2.39. The molecule has 0 bridgehead atoms. The van der Waals surface area contributed by atoms with E-state index in [1.165, 1.54) is 4.90 Å². The van der Waals surface area contributed by atoms with Crippen LogP contribution in [0.2, 0.25) is 0 Å². The first-order valence-electron chi connectivity index (χ1n) is 11.2. The average molecular weight is 453 g/mol. The fourth-order valence-electron chi connectivity index (χ4n) is 3.64. The van der Waals surface area contributed by atoms with E-state index in [-0.39, 0.29) is 30.2 Å². The van der Waals surface area contributed by atoms with E-state index in [9.17, 15) is 9.59 Å². The molecule has 1 N–H and O–H groups in total. The highest BCUT2D eigenvalue weighted by molar-refractivity contribution is 6.36. The first kappa shape index (κ1) is 24.3. The fraction of sp³-hybridized carbons (Fsp3) is 0.385. The SMILES string of the molecule is CCOc1ccc(C2=C(Nc3cc(C)ccc3OC)C(=O)N(CCCOC(C)C)C2=O)cc1. The molecule has 3 rings (SSSR count). The van der Waals surface area contributed by atoms with Crippen LogP contribution in [-0.4, -0.2) is 49.7 Å². The van der Waals surface area contributed by atoms with E-state index in [0.29, 0.717) is 48.0 Å². The van der Waals surface area contributed by atoms with Crippen LogP contribution in [0.1, 0.15) is 38.3 Å². The quantitative estimate of drug-likeness (QED) is 0.402. The Morgan fingerprint density at radius 1 is 1.03 bits per heavy atom. The lowest BCUT2D eigenvalue weighted by atomic mass is 10.0. The average Bonchev–Trinajstić information content (AvgIpc) is 3.01. The number of carbonyl (C=O) groups is 2. The van der Waals surface area contributed by atoms with Gasteiger partial charge in [-0.25, -0.2) is 0 Å². The minimum Gasteiger partial charge on any atom is -0.495 e. The predicted molar refractivity (Wildman–Crippen MR) is 128 cm³/mol. The number of amides is 2. The van der Waals surface area contributed by atoms with Crippen molar-refractivity contribution in [3.8, 4) is 11.5 Å². The lowest BCUT2D eigenvalue weighted by Gasteiger charge is -2.16. The number of anilines is 1. The van der Waals surface area contributed by atoms with Crippen molar-refractivity contribution >= 4 is 23.1 Å². The molecule has 1 aliphatic heterocycles. The number of benzene rings is 2. The molecule has 33 heavy (non-hydrogen) atoms. The van der Waals surface area contributed by atoms with Crippen molar-refractivity contribution in [1.29, 1.82) is 0 Å². The number of ether oxygens (including phenoxy) is 3. The van der Waals surface area contributed by atoms with E-state index in [2.05, 4.69) is 5.32 Å². The maximum Gasteiger partial charge on any atom is 0.278 e. The molecule has 0 spiro atoms. The lowest BCUT2D eigenvalue weighted by molar-refractivity contribution is -0.137. The zero-order valence-corrected chi connectivity index (χ0v) is 19.9. The summed E-state index contributed by atoms with van der Waals surface area (Å²) in [7, 11) is 1.57. The maximum absolute atomic E-state index is 13.4. The zero-order valence-electron chi connectivity index (χ0n) is 19.9. The van der Waals surface area contributed by atoms with Crippen molar-refractivity contribution in [2.24, 2.45) is 0 Å². The number of rotatable bonds is 11. The second kappa shape index (κ2) is 11.0. The maximum atomic E-state index is 13.4. The topological polar surface area (TPSA) is 77.1 Å². The first-order valence-corrected chi connectivity index (χ1v) is 11.2. The Bertz CT molecular complexity index is 1030. The van der Waals surface area contributed by atoms with E-state index in [4.69, 9.17) is 14.2 Å². The van der Waals surface area contributed by atoms with Crippen LogP contribution in [0.25, 0.3) is 5.57 Å². The Balaban J connectivity index is 1.96. The number of hydrogen-bond acceptors (Lipinski definition) is 6. The van der Waals surface area contributed by atoms with Gasteiger partial charge in [0.1, 0.15) is 17.2 Å². The third kappa shape index (κ3) is 5.73. The second-order valence-electron chi connectivity index (χ2n) is 8.07. The van der Waals surface area contributed by atoms with Crippen LogP contribution in [-0.2, 0) is 14.3 Å². The molecule has 176 valence electrons. The van der Waals surface area contributed by atoms with Crippen LogP contribution < -0.4 is 14.8 Å². The summed E-state index contributed by atoms with van der Waals surface area (Å²) in [4.78, 5) is 28.0. The number of imide groups is 1. The van der Waals surface area contributed by atoms with Crippen LogP contribution in [0.15, 0.2) is 48.2 Å². The van der Waals surface area contributed by atoms with Gasteiger partial charge in [-0.15, -0.1) is 0 Å². The molecule has 7 nitrogen and oxygen atoms in total. The largest absolute Gasteiger partial charge is 0.495 e. The number of hydrogen-bond donors (Lipinski definition) is 1. The summed E-state index contributed by atoms with van der Waals surface area (Å²) >= 11 is 0. The van der Waals surface area contributed by atoms with Gasteiger partial charge in [-0.05, 0) is 69.5 Å². The van der Waals surface area contributed by atoms with Crippen molar-refractivity contribution in [1.82, 2.24) is 4.90 Å². The summed E-state index contributed by atoms with van der Waals surface area (Å²) in [5, 5.41) is 3.19. The molecule has 0 saturated carbocycles. The summed E-state index contributed by atoms with van der Waals surface area (Å²) in [5.41, 5.74) is 2.84. The Morgan fingerprint density at radius 2 is 1.76 bits per heavy atom. The summed E-state index contributed by atoms with van der Waals surface area (Å²) in [6, 6.07) is 12.8. The van der Waals surface area contributed by atoms with Gasteiger partial charge in [0, 0.05) is 13.2 Å². The molecule has 0 aromatic heterocycles. The minimum atomic E-state index is -0.364. The van der Waals surface area contributed by atoms with Gasteiger partial charge in [-0.2, -0.15) is 0 Å². The van der Waals surface area contributed by atoms with Crippen molar-refractivity contribution in [2.45, 2.75) is 40.2 Å². The predicted octanol–water partition coefficient (Wildman–Crippen LogP) is 4.41. The normalized spacial score (nSPS) is 13.8. The second-order valence-corrected chi connectivity index (χ2v) is 8.07. The Labute approximate surface area is 195 Å². The summed E-state index contributed by atoms with van der Waals surface area (Å²) in [6.45, 7) is 9.07. The van der Waals surface area contributed by atoms with Gasteiger partial charge in [0.05, 0.1) is 31.1 Å². The van der Waals surface area contributed by atoms with Gasteiger partial charge in [0.2, 0.25) is 0 Å². The molecule has 1 aliphatic rings. The standard InChI is InChI=1S/C26H32N2O5/c1-6-32-20-11-9-19(10-12-20)23-24(27-21-16-18(4)8-13-22(21)31-5)26(30)28(25(23)29)14-7-15-33-17(2)3/h8-13,16-17,27H,6-7,14-15H2,1-5H3. The molecule has 0 unspecified atom stereocenters. The molecule has 0 aliphatic carbocycles. The van der Waals surface area contributed by atoms with Crippen molar-refractivity contribution < 1.29 is 23.8 Å². The molecule has 2 amide bonds. The van der Waals surface area contributed by atoms with Crippen LogP contribution in [0, 0.1) is 6.92 Å². The summed E-state index contributed by atoms with van der Waals surface area (Å²) in [5.74, 6) is 0.596. The Morgan fingerprint density at radius 3 is 2.39 bits per heavy atom. The van der Waals surface area contributed by atoms with Crippen molar-refractivity contribution in [2.75, 3.05) is 32.2 Å². The van der Waals surface area contributed by atoms with Crippen LogP contribution in [0.4, 0.5) is 5.69 Å². The van der Waals surface area contributed by atoms with Crippen molar-refractivity contribution in [3.63, 3.8) is 0 Å². The molecule has 0 fully saturated rings. The minimum absolute atomic E-state index is 0.0959. The van der Waals surface area contributed by atoms with E-state index in [1.807, 2.05) is 45.9 Å². The highest BCUT2D eigenvalue weighted by atomic mass is 16.5. The van der Waals surface area contributed by atoms with Gasteiger partial charge in [-0.3, -0.25) is 14.5 Å². The third-order valence-electron chi connectivity index (χ3n) is 5.21. The van der Waals surface area contributed by atoms with Gasteiger partial charge in [-0.1, -0.05) is 18.2 Å². The van der Waals surface area contributed by atoms with Crippen LogP contribution in [0.3, 0.4) is 0 Å². The summed E-state index contributed by atoms with van der Waals surface area (Å²) in [6.07, 6.45) is 0.659. The number of nitrogens with one attached hydrogen (secondary N) is 1. The van der Waals surface area contributed by atoms with Gasteiger partial charge in [0.15, 0.2) is 0 Å². The van der Waals surface area contributed by atoms with E-state index in [1.54, 1.807) is 31.4 Å². The molecular weight excluding hydrogens is 420 g/mol. The Hall–Kier alpha value is -3.32. The number of nitrogens with zero attached hydrogens (tertiary/aromatic N) is 1. The zero-order chi connectivity index (χ0) is 24.0. The monoisotopic (exact) mass is 452 g/mol. The molecule has 2 aromatic rings. The fourth-order valence-corrected chi connectivity index (χ4v) is 3.64. The van der Waals surface area contributed by atoms with E-state index >= 15 is 0 Å². The third-order valence-corrected chi connectivity index (χ3v) is 5.21. The number of carbonyl (C=O) groups excluding carboxylic acids is 2. The lowest BCUT2D eigenvalue weighted by Crippen LogP contribution is -2.34. The summed E-state index contributed by atoms with van der Waals surface area (Å²) < 4.78 is 16.6. The number of methoxy groups -OCH3 is 1. The molecule has 1 heterocycles. The molecule has 0 radical (unpaired) electrons. The molecular formula is C26H32N2O5. The van der Waals surface area contributed by atoms with Gasteiger partial charge < -0.3 is 19.5 Å². The smallest absolute Gasteiger partial charge is 0.278 e. The van der Waals surface area contributed by atoms with Gasteiger partial charge >= 0.3 is 0 Å².